The molecule has 3 aliphatic heterocycles. The maximum atomic E-state index is 15.1. The number of aliphatic imine (C=N–C) groups is 1. The molecule has 0 bridgehead atoms. The zero-order valence-corrected chi connectivity index (χ0v) is 21.9. The molecule has 0 saturated carbocycles. The lowest BCUT2D eigenvalue weighted by atomic mass is 9.89. The van der Waals surface area contributed by atoms with Crippen molar-refractivity contribution in [3.05, 3.63) is 76.4 Å². The number of ether oxygens (including phenoxy) is 2. The minimum Gasteiger partial charge on any atom is -0.458 e. The Balaban J connectivity index is 1.63. The van der Waals surface area contributed by atoms with E-state index >= 15 is 4.39 Å². The Bertz CT molecular complexity index is 1330. The predicted molar refractivity (Wildman–Crippen MR) is 133 cm³/mol. The summed E-state index contributed by atoms with van der Waals surface area (Å²) < 4.78 is 122. The first-order chi connectivity index (χ1) is 19.8. The van der Waals surface area contributed by atoms with Gasteiger partial charge in [0.15, 0.2) is 12.1 Å². The van der Waals surface area contributed by atoms with Crippen LogP contribution in [0.2, 0.25) is 0 Å². The number of rotatable bonds is 4. The molecule has 3 unspecified atom stereocenters. The Labute approximate surface area is 235 Å². The molecule has 1 fully saturated rings. The van der Waals surface area contributed by atoms with Crippen LogP contribution in [0.15, 0.2) is 47.5 Å². The first kappa shape index (κ1) is 30.2. The molecule has 5 rings (SSSR count). The molecule has 2 N–H and O–H groups in total. The van der Waals surface area contributed by atoms with Gasteiger partial charge in [-0.1, -0.05) is 0 Å². The van der Waals surface area contributed by atoms with E-state index in [0.717, 1.165) is 12.1 Å². The van der Waals surface area contributed by atoms with E-state index in [1.165, 1.54) is 6.08 Å². The van der Waals surface area contributed by atoms with Gasteiger partial charge in [-0.15, -0.1) is 0 Å². The molecule has 42 heavy (non-hydrogen) atoms. The average Bonchev–Trinajstić information content (AvgIpc) is 2.93. The third-order valence-electron chi connectivity index (χ3n) is 7.30. The van der Waals surface area contributed by atoms with Gasteiger partial charge < -0.3 is 9.47 Å². The normalized spacial score (nSPS) is 24.2. The van der Waals surface area contributed by atoms with Gasteiger partial charge in [-0.3, -0.25) is 20.5 Å². The van der Waals surface area contributed by atoms with Crippen LogP contribution in [0.3, 0.4) is 0 Å². The number of hydroxylamine groups is 2. The van der Waals surface area contributed by atoms with Crippen LogP contribution in [0.25, 0.3) is 5.70 Å². The maximum Gasteiger partial charge on any atom is 0.416 e. The van der Waals surface area contributed by atoms with Crippen LogP contribution in [0.1, 0.15) is 22.3 Å². The summed E-state index contributed by atoms with van der Waals surface area (Å²) in [4.78, 5) is 6.18. The molecule has 2 aromatic carbocycles. The third-order valence-corrected chi connectivity index (χ3v) is 7.30. The van der Waals surface area contributed by atoms with Crippen LogP contribution < -0.4 is 5.32 Å². The van der Waals surface area contributed by atoms with Gasteiger partial charge in [0.05, 0.1) is 48.7 Å². The molecule has 3 heterocycles. The van der Waals surface area contributed by atoms with E-state index in [4.69, 9.17) is 9.47 Å². The molecule has 1 saturated heterocycles. The molecule has 0 radical (unpaired) electrons. The Morgan fingerprint density at radius 3 is 2.24 bits per heavy atom. The second kappa shape index (κ2) is 11.8. The van der Waals surface area contributed by atoms with Gasteiger partial charge in [-0.25, -0.2) is 13.8 Å². The molecule has 3 atom stereocenters. The van der Waals surface area contributed by atoms with Crippen molar-refractivity contribution in [3.63, 3.8) is 0 Å². The number of nitrogens with one attached hydrogen (secondary N) is 1. The van der Waals surface area contributed by atoms with E-state index < -0.39 is 59.7 Å². The summed E-state index contributed by atoms with van der Waals surface area (Å²) in [5.74, 6) is -2.70. The minimum atomic E-state index is -5.08. The van der Waals surface area contributed by atoms with Crippen molar-refractivity contribution in [3.8, 4) is 0 Å². The lowest BCUT2D eigenvalue weighted by Gasteiger charge is -2.42. The highest BCUT2D eigenvalue weighted by molar-refractivity contribution is 5.82. The van der Waals surface area contributed by atoms with Gasteiger partial charge in [0.2, 0.25) is 0 Å². The summed E-state index contributed by atoms with van der Waals surface area (Å²) in [6.45, 7) is 1.71. The monoisotopic (exact) mass is 606 g/mol. The number of hydrogen-bond acceptors (Lipinski definition) is 7. The fourth-order valence-corrected chi connectivity index (χ4v) is 5.23. The molecule has 15 heteroatoms. The highest BCUT2D eigenvalue weighted by Gasteiger charge is 2.42. The second-order valence-electron chi connectivity index (χ2n) is 10.1. The minimum absolute atomic E-state index is 0.0165. The first-order valence-corrected chi connectivity index (χ1v) is 13.0. The van der Waals surface area contributed by atoms with Gasteiger partial charge in [-0.2, -0.15) is 26.3 Å². The summed E-state index contributed by atoms with van der Waals surface area (Å²) in [5, 5.41) is 15.2. The molecule has 0 aliphatic carbocycles. The quantitative estimate of drug-likeness (QED) is 0.483. The topological polar surface area (TPSA) is 69.6 Å². The number of benzene rings is 2. The van der Waals surface area contributed by atoms with Gasteiger partial charge in [0, 0.05) is 31.3 Å². The Morgan fingerprint density at radius 1 is 0.952 bits per heavy atom. The Hall–Kier alpha value is -3.27. The second-order valence-corrected chi connectivity index (χ2v) is 10.1. The lowest BCUT2D eigenvalue weighted by Crippen LogP contribution is -2.54. The summed E-state index contributed by atoms with van der Waals surface area (Å²) >= 11 is 0. The lowest BCUT2D eigenvalue weighted by molar-refractivity contribution is -0.143. The Kier molecular flexibility index (Phi) is 8.47. The number of alkyl halides is 6. The van der Waals surface area contributed by atoms with Gasteiger partial charge in [0.1, 0.15) is 11.6 Å². The summed E-state index contributed by atoms with van der Waals surface area (Å²) in [5.41, 5.74) is -3.86. The van der Waals surface area contributed by atoms with E-state index in [9.17, 15) is 35.9 Å². The molecule has 2 aromatic rings. The summed E-state index contributed by atoms with van der Waals surface area (Å²) in [6, 6.07) is 2.53. The molecule has 228 valence electrons. The Morgan fingerprint density at radius 2 is 1.62 bits per heavy atom. The highest BCUT2D eigenvalue weighted by Crippen LogP contribution is 2.38. The van der Waals surface area contributed by atoms with Crippen molar-refractivity contribution in [1.29, 1.82) is 0 Å². The van der Waals surface area contributed by atoms with E-state index in [1.54, 1.807) is 0 Å². The van der Waals surface area contributed by atoms with Crippen molar-refractivity contribution in [2.45, 2.75) is 31.0 Å². The maximum absolute atomic E-state index is 15.1. The smallest absolute Gasteiger partial charge is 0.416 e. The third kappa shape index (κ3) is 6.53. The van der Waals surface area contributed by atoms with Crippen LogP contribution in [0, 0.1) is 17.6 Å². The average molecular weight is 607 g/mol. The van der Waals surface area contributed by atoms with Gasteiger partial charge in [-0.05, 0) is 48.4 Å². The van der Waals surface area contributed by atoms with Crippen LogP contribution >= 0.6 is 0 Å². The molecule has 7 nitrogen and oxygen atoms in total. The molecule has 0 aromatic heterocycles. The van der Waals surface area contributed by atoms with Gasteiger partial charge >= 0.3 is 12.4 Å². The van der Waals surface area contributed by atoms with Crippen molar-refractivity contribution in [2.24, 2.45) is 10.9 Å². The molecular formula is C27H26F8N4O3. The van der Waals surface area contributed by atoms with Crippen molar-refractivity contribution in [1.82, 2.24) is 15.3 Å². The van der Waals surface area contributed by atoms with E-state index in [0.29, 0.717) is 49.6 Å². The van der Waals surface area contributed by atoms with Crippen molar-refractivity contribution < 1.29 is 49.8 Å². The van der Waals surface area contributed by atoms with E-state index in [-0.39, 0.29) is 42.0 Å². The molecular weight excluding hydrogens is 580 g/mol. The highest BCUT2D eigenvalue weighted by atomic mass is 19.4. The zero-order valence-electron chi connectivity index (χ0n) is 21.9. The van der Waals surface area contributed by atoms with Crippen LogP contribution in [-0.4, -0.2) is 72.9 Å². The van der Waals surface area contributed by atoms with Crippen molar-refractivity contribution in [2.75, 3.05) is 39.5 Å². The molecule has 3 aliphatic rings. The number of nitrogens with zero attached hydrogens (tertiary/aromatic N) is 3. The van der Waals surface area contributed by atoms with Crippen LogP contribution in [0.5, 0.6) is 0 Å². The fourth-order valence-electron chi connectivity index (χ4n) is 5.23. The zero-order chi connectivity index (χ0) is 30.2. The number of hydrogen-bond donors (Lipinski definition) is 2. The molecule has 0 spiro atoms. The van der Waals surface area contributed by atoms with E-state index in [2.05, 4.69) is 10.3 Å². The number of fused-ring (bicyclic) bond motifs is 1. The van der Waals surface area contributed by atoms with Crippen LogP contribution in [0.4, 0.5) is 35.1 Å². The van der Waals surface area contributed by atoms with Crippen LogP contribution in [-0.2, 0) is 28.2 Å². The SMILES string of the molecule is ON1C(c2ccc(F)cc2F)=CC(N2CCOCC2)OC2=NCNCC2C1Cc1cc(C(F)(F)F)cc(C(F)(F)F)c1. The van der Waals surface area contributed by atoms with Crippen molar-refractivity contribution >= 4 is 11.6 Å². The standard InChI is InChI=1S/C27H26F8N4O3/c28-18-1-2-19(21(29)11-18)23-12-24(38-3-5-41-6-4-38)42-25-20(13-36-14-37-25)22(39(23)40)9-15-7-16(26(30,31)32)10-17(8-15)27(33,34)35/h1-2,7-8,10-12,20,22,24,36,40H,3-6,9,13-14H2. The number of morpholine rings is 1. The summed E-state index contributed by atoms with van der Waals surface area (Å²) in [7, 11) is 0. The van der Waals surface area contributed by atoms with Gasteiger partial charge in [0.25, 0.3) is 0 Å². The predicted octanol–water partition coefficient (Wildman–Crippen LogP) is 4.91. The first-order valence-electron chi connectivity index (χ1n) is 13.0. The summed E-state index contributed by atoms with van der Waals surface area (Å²) in [6.07, 6.45) is -10.2. The molecule has 0 amide bonds. The fraction of sp³-hybridized carbons (Fsp3) is 0.444. The van der Waals surface area contributed by atoms with E-state index in [1.807, 2.05) is 4.90 Å². The number of halogens is 8. The largest absolute Gasteiger partial charge is 0.458 e.